The van der Waals surface area contributed by atoms with Gasteiger partial charge in [-0.15, -0.1) is 11.3 Å². The second-order valence-electron chi connectivity index (χ2n) is 7.17. The summed E-state index contributed by atoms with van der Waals surface area (Å²) in [6.07, 6.45) is 0.206. The van der Waals surface area contributed by atoms with Gasteiger partial charge in [0.15, 0.2) is 19.7 Å². The maximum absolute atomic E-state index is 13.5. The molecule has 0 spiro atoms. The van der Waals surface area contributed by atoms with Gasteiger partial charge in [-0.2, -0.15) is 0 Å². The molecule has 3 aromatic rings. The molecule has 1 fully saturated rings. The molecule has 0 aliphatic carbocycles. The number of rotatable bonds is 5. The van der Waals surface area contributed by atoms with Crippen LogP contribution in [0.3, 0.4) is 0 Å². The summed E-state index contributed by atoms with van der Waals surface area (Å²) in [5, 5.41) is 3.19. The first-order chi connectivity index (χ1) is 14.4. The molecule has 1 N–H and O–H groups in total. The van der Waals surface area contributed by atoms with Crippen molar-refractivity contribution in [2.24, 2.45) is 0 Å². The van der Waals surface area contributed by atoms with Crippen LogP contribution in [0.15, 0.2) is 65.6 Å². The van der Waals surface area contributed by atoms with Crippen LogP contribution in [0.2, 0.25) is 0 Å². The highest BCUT2D eigenvalue weighted by Gasteiger charge is 2.52. The first kappa shape index (κ1) is 20.7. The molecule has 1 saturated heterocycles. The number of nitrogens with zero attached hydrogens (tertiary/aromatic N) is 1. The van der Waals surface area contributed by atoms with Gasteiger partial charge < -0.3 is 10.1 Å². The molecule has 6 nitrogen and oxygen atoms in total. The van der Waals surface area contributed by atoms with Crippen LogP contribution in [0.25, 0.3) is 11.3 Å². The van der Waals surface area contributed by atoms with Crippen molar-refractivity contribution in [1.29, 1.82) is 0 Å². The number of amides is 1. The molecule has 0 atom stereocenters. The van der Waals surface area contributed by atoms with E-state index in [1.807, 2.05) is 37.3 Å². The van der Waals surface area contributed by atoms with Gasteiger partial charge in [0.25, 0.3) is 0 Å². The monoisotopic (exact) mass is 442 g/mol. The average molecular weight is 443 g/mol. The number of hydrogen-bond donors (Lipinski definition) is 1. The molecule has 0 radical (unpaired) electrons. The van der Waals surface area contributed by atoms with Gasteiger partial charge in [-0.05, 0) is 31.9 Å². The van der Waals surface area contributed by atoms with E-state index in [2.05, 4.69) is 10.3 Å². The maximum Gasteiger partial charge on any atom is 0.248 e. The fourth-order valence-corrected chi connectivity index (χ4v) is 6.47. The third-order valence-electron chi connectivity index (χ3n) is 5.35. The highest BCUT2D eigenvalue weighted by atomic mass is 32.2. The lowest BCUT2D eigenvalue weighted by Gasteiger charge is -2.34. The lowest BCUT2D eigenvalue weighted by molar-refractivity contribution is -0.121. The number of hydrogen-bond acceptors (Lipinski definition) is 6. The van der Waals surface area contributed by atoms with Gasteiger partial charge >= 0.3 is 0 Å². The Morgan fingerprint density at radius 1 is 1.03 bits per heavy atom. The van der Waals surface area contributed by atoms with Crippen LogP contribution in [-0.4, -0.2) is 37.3 Å². The Kier molecular flexibility index (Phi) is 5.73. The molecule has 0 bridgehead atoms. The van der Waals surface area contributed by atoms with Crippen LogP contribution in [0.5, 0.6) is 0 Å². The van der Waals surface area contributed by atoms with Crippen LogP contribution in [0.4, 0.5) is 5.13 Å². The summed E-state index contributed by atoms with van der Waals surface area (Å²) in [6, 6.07) is 17.8. The van der Waals surface area contributed by atoms with Crippen LogP contribution < -0.4 is 5.32 Å². The topological polar surface area (TPSA) is 85.4 Å². The smallest absolute Gasteiger partial charge is 0.248 e. The number of benzene rings is 2. The van der Waals surface area contributed by atoms with Crippen LogP contribution in [0, 0.1) is 6.92 Å². The molecule has 1 aromatic heterocycles. The third-order valence-corrected chi connectivity index (χ3v) is 8.75. The van der Waals surface area contributed by atoms with Crippen molar-refractivity contribution < 1.29 is 17.9 Å². The fourth-order valence-electron chi connectivity index (χ4n) is 3.67. The van der Waals surface area contributed by atoms with E-state index in [1.165, 1.54) is 23.5 Å². The van der Waals surface area contributed by atoms with Crippen molar-refractivity contribution in [1.82, 2.24) is 4.98 Å². The minimum Gasteiger partial charge on any atom is -0.381 e. The van der Waals surface area contributed by atoms with E-state index in [1.54, 1.807) is 18.2 Å². The van der Waals surface area contributed by atoms with Crippen LogP contribution >= 0.6 is 11.3 Å². The molecular weight excluding hydrogens is 420 g/mol. The SMILES string of the molecule is Cc1sc(NC(=O)C2(S(=O)(=O)c3ccccc3)CCOCC2)nc1-c1ccccc1. The summed E-state index contributed by atoms with van der Waals surface area (Å²) >= 11 is 1.34. The number of nitrogens with one attached hydrogen (secondary N) is 1. The molecule has 156 valence electrons. The summed E-state index contributed by atoms with van der Waals surface area (Å²) < 4.78 is 30.8. The first-order valence-corrected chi connectivity index (χ1v) is 12.0. The summed E-state index contributed by atoms with van der Waals surface area (Å²) in [7, 11) is -3.91. The van der Waals surface area contributed by atoms with Crippen LogP contribution in [-0.2, 0) is 19.4 Å². The Morgan fingerprint density at radius 2 is 1.63 bits per heavy atom. The normalized spacial score (nSPS) is 16.2. The van der Waals surface area contributed by atoms with Crippen molar-refractivity contribution in [2.45, 2.75) is 29.4 Å². The Labute approximate surface area is 179 Å². The summed E-state index contributed by atoms with van der Waals surface area (Å²) in [5.74, 6) is -0.553. The van der Waals surface area contributed by atoms with E-state index in [-0.39, 0.29) is 31.0 Å². The summed E-state index contributed by atoms with van der Waals surface area (Å²) in [4.78, 5) is 19.0. The predicted molar refractivity (Wildman–Crippen MR) is 117 cm³/mol. The van der Waals surface area contributed by atoms with Gasteiger partial charge in [-0.1, -0.05) is 48.5 Å². The van der Waals surface area contributed by atoms with Crippen molar-refractivity contribution in [3.05, 3.63) is 65.5 Å². The molecule has 1 aliphatic heterocycles. The highest BCUT2D eigenvalue weighted by molar-refractivity contribution is 7.93. The number of sulfone groups is 1. The minimum absolute atomic E-state index is 0.103. The van der Waals surface area contributed by atoms with Crippen molar-refractivity contribution >= 4 is 32.2 Å². The zero-order chi connectivity index (χ0) is 21.2. The lowest BCUT2D eigenvalue weighted by Crippen LogP contribution is -2.53. The minimum atomic E-state index is -3.91. The third kappa shape index (κ3) is 3.66. The van der Waals surface area contributed by atoms with Gasteiger partial charge in [0.2, 0.25) is 5.91 Å². The average Bonchev–Trinajstić information content (AvgIpc) is 3.15. The Hall–Kier alpha value is -2.55. The van der Waals surface area contributed by atoms with Crippen molar-refractivity contribution in [2.75, 3.05) is 18.5 Å². The second kappa shape index (κ2) is 8.29. The van der Waals surface area contributed by atoms with E-state index < -0.39 is 20.5 Å². The van der Waals surface area contributed by atoms with Gasteiger partial charge in [-0.3, -0.25) is 4.79 Å². The quantitative estimate of drug-likeness (QED) is 0.644. The van der Waals surface area contributed by atoms with Gasteiger partial charge in [0.05, 0.1) is 10.6 Å². The van der Waals surface area contributed by atoms with E-state index in [9.17, 15) is 13.2 Å². The van der Waals surface area contributed by atoms with E-state index in [4.69, 9.17) is 4.74 Å². The van der Waals surface area contributed by atoms with E-state index in [0.717, 1.165) is 16.1 Å². The fraction of sp³-hybridized carbons (Fsp3) is 0.273. The number of thiazole rings is 1. The van der Waals surface area contributed by atoms with Crippen molar-refractivity contribution in [3.63, 3.8) is 0 Å². The number of carbonyl (C=O) groups is 1. The number of aryl methyl sites for hydroxylation is 1. The first-order valence-electron chi connectivity index (χ1n) is 9.66. The lowest BCUT2D eigenvalue weighted by atomic mass is 9.98. The Morgan fingerprint density at radius 3 is 2.27 bits per heavy atom. The molecule has 2 heterocycles. The van der Waals surface area contributed by atoms with E-state index >= 15 is 0 Å². The molecule has 0 saturated carbocycles. The van der Waals surface area contributed by atoms with Gasteiger partial charge in [0.1, 0.15) is 0 Å². The Balaban J connectivity index is 1.68. The van der Waals surface area contributed by atoms with Gasteiger partial charge in [-0.25, -0.2) is 13.4 Å². The zero-order valence-electron chi connectivity index (χ0n) is 16.5. The molecule has 2 aromatic carbocycles. The number of ether oxygens (including phenoxy) is 1. The number of aromatic nitrogens is 1. The molecule has 8 heteroatoms. The summed E-state index contributed by atoms with van der Waals surface area (Å²) in [5.41, 5.74) is 1.73. The molecule has 30 heavy (non-hydrogen) atoms. The number of anilines is 1. The summed E-state index contributed by atoms with van der Waals surface area (Å²) in [6.45, 7) is 2.36. The number of carbonyl (C=O) groups excluding carboxylic acids is 1. The van der Waals surface area contributed by atoms with E-state index in [0.29, 0.717) is 5.13 Å². The molecular formula is C22H22N2O4S2. The highest BCUT2D eigenvalue weighted by Crippen LogP contribution is 2.37. The van der Waals surface area contributed by atoms with Gasteiger partial charge in [0, 0.05) is 23.7 Å². The maximum atomic E-state index is 13.5. The standard InChI is InChI=1S/C22H22N2O4S2/c1-16-19(17-8-4-2-5-9-17)23-21(29-16)24-20(25)22(12-14-28-15-13-22)30(26,27)18-10-6-3-7-11-18/h2-11H,12-15H2,1H3,(H,23,24,25). The van der Waals surface area contributed by atoms with Crippen LogP contribution in [0.1, 0.15) is 17.7 Å². The second-order valence-corrected chi connectivity index (χ2v) is 10.6. The molecule has 0 unspecified atom stereocenters. The molecule has 1 amide bonds. The zero-order valence-corrected chi connectivity index (χ0v) is 18.1. The van der Waals surface area contributed by atoms with Crippen molar-refractivity contribution in [3.8, 4) is 11.3 Å². The molecule has 4 rings (SSSR count). The largest absolute Gasteiger partial charge is 0.381 e. The predicted octanol–water partition coefficient (Wildman–Crippen LogP) is 4.08. The molecule has 1 aliphatic rings. The Bertz CT molecular complexity index is 1140.